The molecule has 1 saturated heterocycles. The molecule has 94 valence electrons. The molecule has 0 aromatic carbocycles. The second-order valence-corrected chi connectivity index (χ2v) is 4.32. The molecule has 0 radical (unpaired) electrons. The quantitative estimate of drug-likeness (QED) is 0.565. The van der Waals surface area contributed by atoms with E-state index in [2.05, 4.69) is 15.2 Å². The van der Waals surface area contributed by atoms with Gasteiger partial charge in [-0.25, -0.2) is 4.98 Å². The highest BCUT2D eigenvalue weighted by Crippen LogP contribution is 2.23. The zero-order valence-corrected chi connectivity index (χ0v) is 9.89. The molecule has 0 aliphatic carbocycles. The molecule has 1 aromatic heterocycles. The summed E-state index contributed by atoms with van der Waals surface area (Å²) in [6.07, 6.45) is 1.01. The Morgan fingerprint density at radius 2 is 2.29 bits per heavy atom. The van der Waals surface area contributed by atoms with Crippen LogP contribution in [0, 0.1) is 0 Å². The van der Waals surface area contributed by atoms with Crippen molar-refractivity contribution in [1.82, 2.24) is 4.98 Å². The zero-order chi connectivity index (χ0) is 12.3. The van der Waals surface area contributed by atoms with Crippen LogP contribution in [-0.2, 0) is 0 Å². The predicted octanol–water partition coefficient (Wildman–Crippen LogP) is -0.428. The summed E-state index contributed by atoms with van der Waals surface area (Å²) in [5.41, 5.74) is 17.8. The maximum Gasteiger partial charge on any atom is 0.151 e. The van der Waals surface area contributed by atoms with Crippen LogP contribution in [0.25, 0.3) is 0 Å². The maximum atomic E-state index is 5.88. The Morgan fingerprint density at radius 1 is 1.47 bits per heavy atom. The van der Waals surface area contributed by atoms with E-state index in [1.807, 2.05) is 12.1 Å². The summed E-state index contributed by atoms with van der Waals surface area (Å²) in [5, 5.41) is 3.12. The second kappa shape index (κ2) is 5.20. The van der Waals surface area contributed by atoms with E-state index < -0.39 is 0 Å². The molecule has 1 aromatic rings. The molecular formula is C11H20N6. The number of nitrogens with zero attached hydrogens (tertiary/aromatic N) is 2. The van der Waals surface area contributed by atoms with Crippen molar-refractivity contribution in [3.05, 3.63) is 12.1 Å². The highest BCUT2D eigenvalue weighted by molar-refractivity contribution is 5.65. The topological polar surface area (TPSA) is 106 Å². The Kier molecular flexibility index (Phi) is 3.65. The monoisotopic (exact) mass is 236 g/mol. The van der Waals surface area contributed by atoms with Gasteiger partial charge in [0.25, 0.3) is 0 Å². The van der Waals surface area contributed by atoms with Crippen LogP contribution in [0.1, 0.15) is 6.42 Å². The van der Waals surface area contributed by atoms with Crippen molar-refractivity contribution < 1.29 is 0 Å². The van der Waals surface area contributed by atoms with Gasteiger partial charge in [-0.1, -0.05) is 0 Å². The lowest BCUT2D eigenvalue weighted by Crippen LogP contribution is -2.27. The average Bonchev–Trinajstić information content (AvgIpc) is 2.75. The van der Waals surface area contributed by atoms with Crippen molar-refractivity contribution in [2.24, 2.45) is 11.5 Å². The Bertz CT molecular complexity index is 380. The number of rotatable bonds is 4. The Balaban J connectivity index is 2.12. The summed E-state index contributed by atoms with van der Waals surface area (Å²) in [6, 6.07) is 4.04. The second-order valence-electron chi connectivity index (χ2n) is 4.32. The summed E-state index contributed by atoms with van der Waals surface area (Å²) in [4.78, 5) is 6.68. The van der Waals surface area contributed by atoms with Gasteiger partial charge in [-0.15, -0.1) is 0 Å². The molecule has 1 unspecified atom stereocenters. The molecule has 0 spiro atoms. The molecular weight excluding hydrogens is 216 g/mol. The van der Waals surface area contributed by atoms with E-state index in [9.17, 15) is 0 Å². The SMILES string of the molecule is NCCNc1nc(N2CCC(N)C2)ccc1N. The van der Waals surface area contributed by atoms with Crippen LogP contribution < -0.4 is 27.4 Å². The van der Waals surface area contributed by atoms with Crippen molar-refractivity contribution in [2.45, 2.75) is 12.5 Å². The number of pyridine rings is 1. The summed E-state index contributed by atoms with van der Waals surface area (Å²) in [7, 11) is 0. The van der Waals surface area contributed by atoms with Crippen LogP contribution >= 0.6 is 0 Å². The van der Waals surface area contributed by atoms with E-state index >= 15 is 0 Å². The van der Waals surface area contributed by atoms with Crippen LogP contribution in [0.15, 0.2) is 12.1 Å². The lowest BCUT2D eigenvalue weighted by atomic mass is 10.3. The van der Waals surface area contributed by atoms with Crippen LogP contribution in [0.5, 0.6) is 0 Å². The van der Waals surface area contributed by atoms with Crippen molar-refractivity contribution >= 4 is 17.3 Å². The molecule has 0 bridgehead atoms. The molecule has 6 heteroatoms. The molecule has 2 rings (SSSR count). The molecule has 6 nitrogen and oxygen atoms in total. The average molecular weight is 236 g/mol. The van der Waals surface area contributed by atoms with Crippen LogP contribution in [-0.4, -0.2) is 37.2 Å². The summed E-state index contributed by atoms with van der Waals surface area (Å²) in [6.45, 7) is 3.03. The van der Waals surface area contributed by atoms with Gasteiger partial charge in [-0.3, -0.25) is 0 Å². The van der Waals surface area contributed by atoms with Crippen LogP contribution in [0.2, 0.25) is 0 Å². The van der Waals surface area contributed by atoms with Crippen LogP contribution in [0.3, 0.4) is 0 Å². The minimum atomic E-state index is 0.245. The highest BCUT2D eigenvalue weighted by Gasteiger charge is 2.20. The van der Waals surface area contributed by atoms with Gasteiger partial charge in [-0.2, -0.15) is 0 Å². The molecule has 7 N–H and O–H groups in total. The third-order valence-electron chi connectivity index (χ3n) is 2.90. The number of aromatic nitrogens is 1. The molecule has 0 amide bonds. The largest absolute Gasteiger partial charge is 0.396 e. The highest BCUT2D eigenvalue weighted by atomic mass is 15.2. The fourth-order valence-electron chi connectivity index (χ4n) is 1.96. The van der Waals surface area contributed by atoms with Gasteiger partial charge in [0.2, 0.25) is 0 Å². The lowest BCUT2D eigenvalue weighted by molar-refractivity contribution is 0.751. The fourth-order valence-corrected chi connectivity index (χ4v) is 1.96. The van der Waals surface area contributed by atoms with E-state index in [0.29, 0.717) is 24.6 Å². The van der Waals surface area contributed by atoms with E-state index in [-0.39, 0.29) is 6.04 Å². The number of hydrogen-bond donors (Lipinski definition) is 4. The van der Waals surface area contributed by atoms with Gasteiger partial charge >= 0.3 is 0 Å². The number of nitrogens with two attached hydrogens (primary N) is 3. The Labute approximate surface area is 101 Å². The number of hydrogen-bond acceptors (Lipinski definition) is 6. The van der Waals surface area contributed by atoms with Gasteiger partial charge in [0.15, 0.2) is 5.82 Å². The molecule has 2 heterocycles. The first-order valence-electron chi connectivity index (χ1n) is 5.91. The van der Waals surface area contributed by atoms with Gasteiger partial charge in [-0.05, 0) is 18.6 Å². The zero-order valence-electron chi connectivity index (χ0n) is 9.89. The minimum absolute atomic E-state index is 0.245. The van der Waals surface area contributed by atoms with Gasteiger partial charge in [0.1, 0.15) is 5.82 Å². The van der Waals surface area contributed by atoms with Gasteiger partial charge in [0.05, 0.1) is 5.69 Å². The first kappa shape index (κ1) is 11.9. The lowest BCUT2D eigenvalue weighted by Gasteiger charge is -2.18. The first-order valence-corrected chi connectivity index (χ1v) is 5.91. The molecule has 17 heavy (non-hydrogen) atoms. The fraction of sp³-hybridized carbons (Fsp3) is 0.545. The van der Waals surface area contributed by atoms with Crippen molar-refractivity contribution in [1.29, 1.82) is 0 Å². The first-order chi connectivity index (χ1) is 8.20. The smallest absolute Gasteiger partial charge is 0.151 e. The Hall–Kier alpha value is -1.53. The van der Waals surface area contributed by atoms with Crippen LogP contribution in [0.4, 0.5) is 17.3 Å². The number of nitrogens with one attached hydrogen (secondary N) is 1. The predicted molar refractivity (Wildman–Crippen MR) is 71.0 cm³/mol. The van der Waals surface area contributed by atoms with Gasteiger partial charge < -0.3 is 27.4 Å². The maximum absolute atomic E-state index is 5.88. The number of anilines is 3. The third kappa shape index (κ3) is 2.78. The van der Waals surface area contributed by atoms with E-state index in [1.165, 1.54) is 0 Å². The molecule has 1 atom stereocenters. The number of nitrogen functional groups attached to an aromatic ring is 1. The molecule has 1 aliphatic rings. The summed E-state index contributed by atoms with van der Waals surface area (Å²) < 4.78 is 0. The summed E-state index contributed by atoms with van der Waals surface area (Å²) in [5.74, 6) is 1.63. The minimum Gasteiger partial charge on any atom is -0.396 e. The molecule has 0 saturated carbocycles. The molecule has 1 fully saturated rings. The Morgan fingerprint density at radius 3 is 2.94 bits per heavy atom. The standard InChI is InChI=1S/C11H20N6/c12-4-5-15-11-9(14)1-2-10(16-11)17-6-3-8(13)7-17/h1-2,8H,3-7,12-14H2,(H,15,16). The van der Waals surface area contributed by atoms with Crippen molar-refractivity contribution in [3.8, 4) is 0 Å². The van der Waals surface area contributed by atoms with E-state index in [1.54, 1.807) is 0 Å². The summed E-state index contributed by atoms with van der Waals surface area (Å²) >= 11 is 0. The van der Waals surface area contributed by atoms with E-state index in [4.69, 9.17) is 17.2 Å². The molecule has 1 aliphatic heterocycles. The van der Waals surface area contributed by atoms with E-state index in [0.717, 1.165) is 25.3 Å². The van der Waals surface area contributed by atoms with Crippen molar-refractivity contribution in [2.75, 3.05) is 42.1 Å². The third-order valence-corrected chi connectivity index (χ3v) is 2.90. The van der Waals surface area contributed by atoms with Gasteiger partial charge in [0, 0.05) is 32.2 Å². The normalized spacial score (nSPS) is 19.6. The van der Waals surface area contributed by atoms with Crippen molar-refractivity contribution in [3.63, 3.8) is 0 Å².